The van der Waals surface area contributed by atoms with Gasteiger partial charge in [0.05, 0.1) is 5.69 Å². The van der Waals surface area contributed by atoms with E-state index in [0.717, 1.165) is 23.4 Å². The summed E-state index contributed by atoms with van der Waals surface area (Å²) in [6.45, 7) is 0. The zero-order valence-corrected chi connectivity index (χ0v) is 14.4. The van der Waals surface area contributed by atoms with Crippen LogP contribution in [-0.4, -0.2) is 4.98 Å². The summed E-state index contributed by atoms with van der Waals surface area (Å²) in [4.78, 5) is 4.53. The van der Waals surface area contributed by atoms with E-state index in [1.165, 1.54) is 47.9 Å². The molecule has 0 amide bonds. The number of fused-ring (bicyclic) bond motifs is 1. The molecule has 3 aliphatic rings. The number of hydrogen-bond acceptors (Lipinski definition) is 1. The zero-order valence-electron chi connectivity index (χ0n) is 14.4. The molecule has 25 heavy (non-hydrogen) atoms. The van der Waals surface area contributed by atoms with Gasteiger partial charge in [0.2, 0.25) is 0 Å². The Morgan fingerprint density at radius 3 is 2.24 bits per heavy atom. The molecule has 0 N–H and O–H groups in total. The highest BCUT2D eigenvalue weighted by Crippen LogP contribution is 2.54. The van der Waals surface area contributed by atoms with Crippen molar-refractivity contribution in [1.29, 1.82) is 0 Å². The number of hydrogen-bond donors (Lipinski definition) is 0. The summed E-state index contributed by atoms with van der Waals surface area (Å²) in [6.07, 6.45) is 7.65. The van der Waals surface area contributed by atoms with Crippen molar-refractivity contribution in [3.05, 3.63) is 78.5 Å². The molecular weight excluding hydrogens is 302 g/mol. The highest BCUT2D eigenvalue weighted by atomic mass is 14.7. The molecule has 0 aliphatic heterocycles. The maximum atomic E-state index is 4.53. The number of rotatable bonds is 4. The van der Waals surface area contributed by atoms with E-state index in [1.807, 2.05) is 12.3 Å². The molecule has 3 aliphatic carbocycles. The summed E-state index contributed by atoms with van der Waals surface area (Å²) >= 11 is 0. The molecule has 0 radical (unpaired) electrons. The topological polar surface area (TPSA) is 12.9 Å². The largest absolute Gasteiger partial charge is 0.256 e. The van der Waals surface area contributed by atoms with E-state index < -0.39 is 0 Å². The lowest BCUT2D eigenvalue weighted by molar-refractivity contribution is 0.157. The van der Waals surface area contributed by atoms with E-state index in [2.05, 4.69) is 65.6 Å². The first-order valence-electron chi connectivity index (χ1n) is 9.47. The smallest absolute Gasteiger partial charge is 0.0708 e. The first-order chi connectivity index (χ1) is 12.4. The minimum Gasteiger partial charge on any atom is -0.256 e. The quantitative estimate of drug-likeness (QED) is 0.573. The summed E-state index contributed by atoms with van der Waals surface area (Å²) in [5.41, 5.74) is 6.22. The van der Waals surface area contributed by atoms with Gasteiger partial charge in [0.15, 0.2) is 0 Å². The van der Waals surface area contributed by atoms with Gasteiger partial charge in [0, 0.05) is 11.8 Å². The molecule has 2 aromatic carbocycles. The van der Waals surface area contributed by atoms with E-state index in [1.54, 1.807) is 0 Å². The van der Waals surface area contributed by atoms with Gasteiger partial charge in [-0.05, 0) is 72.3 Å². The third kappa shape index (κ3) is 2.78. The molecule has 3 saturated carbocycles. The van der Waals surface area contributed by atoms with Gasteiger partial charge in [-0.3, -0.25) is 4.98 Å². The Hall–Kier alpha value is -2.41. The van der Waals surface area contributed by atoms with Crippen LogP contribution in [0.3, 0.4) is 0 Å². The van der Waals surface area contributed by atoms with Gasteiger partial charge in [0.25, 0.3) is 0 Å². The van der Waals surface area contributed by atoms with Crippen molar-refractivity contribution >= 4 is 0 Å². The van der Waals surface area contributed by atoms with Crippen LogP contribution in [0.4, 0.5) is 0 Å². The Labute approximate surface area is 149 Å². The predicted molar refractivity (Wildman–Crippen MR) is 103 cm³/mol. The molecule has 3 fully saturated rings. The van der Waals surface area contributed by atoms with Gasteiger partial charge in [-0.1, -0.05) is 54.6 Å². The standard InChI is InChI=1S/C24H23N/c1-2-4-19(5-3-1)24-16-20(12-13-25-24)18-8-6-17(7-9-18)14-23-21-10-11-22(23)15-21/h1-9,12-13,16,21-23H,10-11,14-15H2. The number of pyridine rings is 1. The highest BCUT2D eigenvalue weighted by molar-refractivity contribution is 5.70. The number of nitrogens with zero attached hydrogens (tertiary/aromatic N) is 1. The van der Waals surface area contributed by atoms with Crippen molar-refractivity contribution in [2.45, 2.75) is 25.7 Å². The first kappa shape index (κ1) is 14.9. The fourth-order valence-electron chi connectivity index (χ4n) is 4.84. The van der Waals surface area contributed by atoms with Crippen LogP contribution in [0.25, 0.3) is 22.4 Å². The summed E-state index contributed by atoms with van der Waals surface area (Å²) < 4.78 is 0. The Kier molecular flexibility index (Phi) is 3.66. The van der Waals surface area contributed by atoms with Gasteiger partial charge in [-0.2, -0.15) is 0 Å². The SMILES string of the molecule is c1ccc(-c2cc(-c3ccc(CC4C5CCC4C5)cc3)ccn2)cc1. The second-order valence-electron chi connectivity index (χ2n) is 7.69. The lowest BCUT2D eigenvalue weighted by Gasteiger charge is -2.36. The molecule has 0 saturated heterocycles. The van der Waals surface area contributed by atoms with E-state index in [0.29, 0.717) is 0 Å². The van der Waals surface area contributed by atoms with Crippen LogP contribution in [0.15, 0.2) is 72.9 Å². The monoisotopic (exact) mass is 325 g/mol. The lowest BCUT2D eigenvalue weighted by atomic mass is 9.69. The zero-order chi connectivity index (χ0) is 16.6. The second kappa shape index (κ2) is 6.15. The highest BCUT2D eigenvalue weighted by Gasteiger charge is 2.45. The minimum absolute atomic E-state index is 0.969. The molecule has 2 unspecified atom stereocenters. The van der Waals surface area contributed by atoms with Gasteiger partial charge in [-0.25, -0.2) is 0 Å². The fourth-order valence-corrected chi connectivity index (χ4v) is 4.84. The molecule has 1 heterocycles. The molecular formula is C24H23N. The second-order valence-corrected chi connectivity index (χ2v) is 7.69. The molecule has 2 atom stereocenters. The summed E-state index contributed by atoms with van der Waals surface area (Å²) in [5, 5.41) is 0. The van der Waals surface area contributed by atoms with Crippen LogP contribution >= 0.6 is 0 Å². The van der Waals surface area contributed by atoms with E-state index >= 15 is 0 Å². The summed E-state index contributed by atoms with van der Waals surface area (Å²) in [6, 6.07) is 23.9. The Bertz CT molecular complexity index is 852. The van der Waals surface area contributed by atoms with Crippen molar-refractivity contribution in [3.63, 3.8) is 0 Å². The van der Waals surface area contributed by atoms with Crippen molar-refractivity contribution < 1.29 is 0 Å². The van der Waals surface area contributed by atoms with Crippen LogP contribution in [0.2, 0.25) is 0 Å². The molecule has 6 rings (SSSR count). The van der Waals surface area contributed by atoms with Crippen molar-refractivity contribution in [2.24, 2.45) is 17.8 Å². The van der Waals surface area contributed by atoms with Gasteiger partial charge >= 0.3 is 0 Å². The van der Waals surface area contributed by atoms with Gasteiger partial charge in [-0.15, -0.1) is 0 Å². The average molecular weight is 325 g/mol. The van der Waals surface area contributed by atoms with Crippen molar-refractivity contribution in [3.8, 4) is 22.4 Å². The minimum atomic E-state index is 0.969. The first-order valence-corrected chi connectivity index (χ1v) is 9.47. The maximum Gasteiger partial charge on any atom is 0.0708 e. The predicted octanol–water partition coefficient (Wildman–Crippen LogP) is 6.00. The Morgan fingerprint density at radius 1 is 0.760 bits per heavy atom. The van der Waals surface area contributed by atoms with E-state index in [-0.39, 0.29) is 0 Å². The van der Waals surface area contributed by atoms with Crippen LogP contribution in [0, 0.1) is 17.8 Å². The molecule has 1 nitrogen and oxygen atoms in total. The van der Waals surface area contributed by atoms with Crippen molar-refractivity contribution in [1.82, 2.24) is 4.98 Å². The van der Waals surface area contributed by atoms with Crippen LogP contribution in [0.5, 0.6) is 0 Å². The molecule has 3 aromatic rings. The molecule has 124 valence electrons. The summed E-state index contributed by atoms with van der Waals surface area (Å²) in [5.74, 6) is 3.02. The molecule has 0 spiro atoms. The van der Waals surface area contributed by atoms with Gasteiger partial charge < -0.3 is 0 Å². The molecule has 1 heteroatoms. The average Bonchev–Trinajstić information content (AvgIpc) is 3.32. The molecule has 1 aromatic heterocycles. The van der Waals surface area contributed by atoms with Crippen LogP contribution in [0.1, 0.15) is 24.8 Å². The van der Waals surface area contributed by atoms with Crippen LogP contribution in [-0.2, 0) is 6.42 Å². The van der Waals surface area contributed by atoms with E-state index in [9.17, 15) is 0 Å². The van der Waals surface area contributed by atoms with Crippen LogP contribution < -0.4 is 0 Å². The third-order valence-corrected chi connectivity index (χ3v) is 6.31. The van der Waals surface area contributed by atoms with E-state index in [4.69, 9.17) is 0 Å². The Balaban J connectivity index is 1.36. The maximum absolute atomic E-state index is 4.53. The molecule has 2 bridgehead atoms. The van der Waals surface area contributed by atoms with Crippen molar-refractivity contribution in [2.75, 3.05) is 0 Å². The normalized spacial score (nSPS) is 24.1. The lowest BCUT2D eigenvalue weighted by Crippen LogP contribution is -2.29. The fraction of sp³-hybridized carbons (Fsp3) is 0.292. The number of aromatic nitrogens is 1. The van der Waals surface area contributed by atoms with Gasteiger partial charge in [0.1, 0.15) is 0 Å². The Morgan fingerprint density at radius 2 is 1.52 bits per heavy atom. The number of benzene rings is 2. The summed E-state index contributed by atoms with van der Waals surface area (Å²) in [7, 11) is 0. The third-order valence-electron chi connectivity index (χ3n) is 6.31.